The highest BCUT2D eigenvalue weighted by Crippen LogP contribution is 2.36. The van der Waals surface area contributed by atoms with E-state index in [0.717, 1.165) is 6.20 Å². The summed E-state index contributed by atoms with van der Waals surface area (Å²) in [5, 5.41) is 9.95. The minimum atomic E-state index is -0.707. The number of aliphatic hydroxyl groups is 1. The average Bonchev–Trinajstić information content (AvgIpc) is 2.72. The Bertz CT molecular complexity index is 548. The molecule has 0 aliphatic carbocycles. The second-order valence-corrected chi connectivity index (χ2v) is 6.43. The van der Waals surface area contributed by atoms with Crippen LogP contribution in [0.4, 0.5) is 9.18 Å². The Hall–Kier alpha value is -1.40. The number of pyridine rings is 1. The van der Waals surface area contributed by atoms with Crippen LogP contribution in [0.25, 0.3) is 0 Å². The normalized spacial score (nSPS) is 22.5. The summed E-state index contributed by atoms with van der Waals surface area (Å²) in [6.45, 7) is 5.38. The van der Waals surface area contributed by atoms with Crippen molar-refractivity contribution in [3.05, 3.63) is 28.8 Å². The van der Waals surface area contributed by atoms with Crippen LogP contribution in [0.1, 0.15) is 38.8 Å². The van der Waals surface area contributed by atoms with Gasteiger partial charge in [-0.05, 0) is 33.3 Å². The zero-order valence-corrected chi connectivity index (χ0v) is 12.9. The van der Waals surface area contributed by atoms with Gasteiger partial charge in [-0.3, -0.25) is 4.90 Å². The third kappa shape index (κ3) is 3.83. The molecule has 1 aromatic rings. The van der Waals surface area contributed by atoms with Crippen molar-refractivity contribution < 1.29 is 19.0 Å². The van der Waals surface area contributed by atoms with Crippen molar-refractivity contribution in [2.45, 2.75) is 44.9 Å². The number of nitrogens with zero attached hydrogens (tertiary/aromatic N) is 2. The van der Waals surface area contributed by atoms with Gasteiger partial charge in [0, 0.05) is 5.56 Å². The molecule has 7 heteroatoms. The number of carbonyl (C=O) groups is 1. The summed E-state index contributed by atoms with van der Waals surface area (Å²) < 4.78 is 18.7. The van der Waals surface area contributed by atoms with E-state index in [9.17, 15) is 14.3 Å². The third-order valence-electron chi connectivity index (χ3n) is 3.10. The molecule has 1 aliphatic heterocycles. The molecule has 2 atom stereocenters. The van der Waals surface area contributed by atoms with Gasteiger partial charge in [0.05, 0.1) is 24.9 Å². The van der Waals surface area contributed by atoms with Gasteiger partial charge in [-0.15, -0.1) is 0 Å². The van der Waals surface area contributed by atoms with Gasteiger partial charge < -0.3 is 9.84 Å². The molecule has 1 amide bonds. The smallest absolute Gasteiger partial charge is 0.410 e. The first-order valence-corrected chi connectivity index (χ1v) is 7.04. The lowest BCUT2D eigenvalue weighted by atomic mass is 10.1. The summed E-state index contributed by atoms with van der Waals surface area (Å²) in [7, 11) is 0. The molecule has 0 radical (unpaired) electrons. The molecule has 1 aromatic heterocycles. The van der Waals surface area contributed by atoms with Crippen molar-refractivity contribution >= 4 is 17.7 Å². The van der Waals surface area contributed by atoms with E-state index >= 15 is 0 Å². The fourth-order valence-electron chi connectivity index (χ4n) is 2.30. The summed E-state index contributed by atoms with van der Waals surface area (Å²) in [5.41, 5.74) is -0.279. The van der Waals surface area contributed by atoms with Crippen molar-refractivity contribution in [1.29, 1.82) is 0 Å². The number of aliphatic hydroxyl groups excluding tert-OH is 1. The second kappa shape index (κ2) is 5.77. The summed E-state index contributed by atoms with van der Waals surface area (Å²) in [6, 6.07) is 0.681. The Morgan fingerprint density at radius 2 is 2.24 bits per heavy atom. The summed E-state index contributed by atoms with van der Waals surface area (Å²) in [6.07, 6.45) is 0.00490. The minimum Gasteiger partial charge on any atom is -0.444 e. The number of ether oxygens (including phenoxy) is 1. The van der Waals surface area contributed by atoms with Gasteiger partial charge in [0.1, 0.15) is 16.6 Å². The maximum absolute atomic E-state index is 13.4. The Kier molecular flexibility index (Phi) is 4.39. The van der Waals surface area contributed by atoms with Crippen LogP contribution in [0.2, 0.25) is 5.15 Å². The summed E-state index contributed by atoms with van der Waals surface area (Å²) >= 11 is 5.99. The van der Waals surface area contributed by atoms with Crippen molar-refractivity contribution in [3.8, 4) is 0 Å². The summed E-state index contributed by atoms with van der Waals surface area (Å²) in [4.78, 5) is 17.3. The molecule has 2 heterocycles. The molecule has 0 spiro atoms. The first-order chi connectivity index (χ1) is 9.67. The maximum atomic E-state index is 13.4. The number of aromatic nitrogens is 1. The number of rotatable bonds is 1. The van der Waals surface area contributed by atoms with Crippen molar-refractivity contribution in [2.24, 2.45) is 0 Å². The number of hydrogen-bond acceptors (Lipinski definition) is 4. The Morgan fingerprint density at radius 3 is 2.86 bits per heavy atom. The number of hydrogen-bond donors (Lipinski definition) is 1. The molecule has 1 fully saturated rings. The second-order valence-electron chi connectivity index (χ2n) is 6.07. The molecule has 0 bridgehead atoms. The van der Waals surface area contributed by atoms with E-state index in [1.807, 2.05) is 0 Å². The first-order valence-electron chi connectivity index (χ1n) is 6.66. The first kappa shape index (κ1) is 16.0. The standard InChI is InChI=1S/C14H18ClFN2O3/c1-14(2,3)21-13(20)18-7-9(19)5-11(18)10-4-8(16)6-17-12(10)15/h4,6,9,11,19H,5,7H2,1-3H3. The van der Waals surface area contributed by atoms with E-state index in [4.69, 9.17) is 16.3 Å². The van der Waals surface area contributed by atoms with Gasteiger partial charge in [0.15, 0.2) is 0 Å². The zero-order chi connectivity index (χ0) is 15.8. The van der Waals surface area contributed by atoms with Gasteiger partial charge >= 0.3 is 6.09 Å². The fourth-order valence-corrected chi connectivity index (χ4v) is 2.53. The molecule has 2 unspecified atom stereocenters. The molecule has 1 N–H and O–H groups in total. The fraction of sp³-hybridized carbons (Fsp3) is 0.571. The maximum Gasteiger partial charge on any atom is 0.410 e. The largest absolute Gasteiger partial charge is 0.444 e. The predicted molar refractivity (Wildman–Crippen MR) is 75.5 cm³/mol. The SMILES string of the molecule is CC(C)(C)OC(=O)N1CC(O)CC1c1cc(F)cnc1Cl. The molecular weight excluding hydrogens is 299 g/mol. The summed E-state index contributed by atoms with van der Waals surface area (Å²) in [5.74, 6) is -0.542. The van der Waals surface area contributed by atoms with Crippen molar-refractivity contribution in [1.82, 2.24) is 9.88 Å². The van der Waals surface area contributed by atoms with Crippen LogP contribution in [-0.2, 0) is 4.74 Å². The third-order valence-corrected chi connectivity index (χ3v) is 3.41. The highest BCUT2D eigenvalue weighted by Gasteiger charge is 2.39. The van der Waals surface area contributed by atoms with E-state index in [2.05, 4.69) is 4.98 Å². The molecule has 116 valence electrons. The Balaban J connectivity index is 2.28. The molecule has 1 saturated heterocycles. The number of β-amino-alcohol motifs (C(OH)–C–C–N with tert-alkyl or cyclic N) is 1. The minimum absolute atomic E-state index is 0.115. The molecule has 0 aromatic carbocycles. The van der Waals surface area contributed by atoms with Crippen LogP contribution < -0.4 is 0 Å². The Morgan fingerprint density at radius 1 is 1.57 bits per heavy atom. The van der Waals surface area contributed by atoms with Gasteiger partial charge in [0.2, 0.25) is 0 Å². The molecule has 5 nitrogen and oxygen atoms in total. The molecular formula is C14H18ClFN2O3. The van der Waals surface area contributed by atoms with Crippen LogP contribution in [0.5, 0.6) is 0 Å². The van der Waals surface area contributed by atoms with E-state index in [0.29, 0.717) is 5.56 Å². The van der Waals surface area contributed by atoms with Gasteiger partial charge in [-0.25, -0.2) is 14.2 Å². The van der Waals surface area contributed by atoms with Gasteiger partial charge in [0.25, 0.3) is 0 Å². The van der Waals surface area contributed by atoms with Crippen LogP contribution in [0.15, 0.2) is 12.3 Å². The predicted octanol–water partition coefficient (Wildman–Crippen LogP) is 2.92. The molecule has 2 rings (SSSR count). The quantitative estimate of drug-likeness (QED) is 0.809. The van der Waals surface area contributed by atoms with E-state index < -0.39 is 29.7 Å². The zero-order valence-electron chi connectivity index (χ0n) is 12.1. The highest BCUT2D eigenvalue weighted by atomic mass is 35.5. The van der Waals surface area contributed by atoms with Crippen LogP contribution >= 0.6 is 11.6 Å². The monoisotopic (exact) mass is 316 g/mol. The molecule has 1 aliphatic rings. The van der Waals surface area contributed by atoms with Gasteiger partial charge in [-0.1, -0.05) is 11.6 Å². The van der Waals surface area contributed by atoms with Gasteiger partial charge in [-0.2, -0.15) is 0 Å². The van der Waals surface area contributed by atoms with Crippen LogP contribution in [-0.4, -0.2) is 39.3 Å². The highest BCUT2D eigenvalue weighted by molar-refractivity contribution is 6.30. The lowest BCUT2D eigenvalue weighted by Gasteiger charge is -2.28. The number of likely N-dealkylation sites (tertiary alicyclic amines) is 1. The number of amides is 1. The lowest BCUT2D eigenvalue weighted by molar-refractivity contribution is 0.0206. The topological polar surface area (TPSA) is 62.7 Å². The van der Waals surface area contributed by atoms with E-state index in [1.54, 1.807) is 20.8 Å². The van der Waals surface area contributed by atoms with E-state index in [1.165, 1.54) is 11.0 Å². The van der Waals surface area contributed by atoms with Crippen molar-refractivity contribution in [2.75, 3.05) is 6.54 Å². The van der Waals surface area contributed by atoms with Crippen LogP contribution in [0, 0.1) is 5.82 Å². The average molecular weight is 317 g/mol. The number of halogens is 2. The molecule has 0 saturated carbocycles. The Labute approximate surface area is 127 Å². The van der Waals surface area contributed by atoms with Crippen LogP contribution in [0.3, 0.4) is 0 Å². The lowest BCUT2D eigenvalue weighted by Crippen LogP contribution is -2.37. The van der Waals surface area contributed by atoms with E-state index in [-0.39, 0.29) is 18.1 Å². The number of carbonyl (C=O) groups excluding carboxylic acids is 1. The van der Waals surface area contributed by atoms with Crippen molar-refractivity contribution in [3.63, 3.8) is 0 Å². The molecule has 21 heavy (non-hydrogen) atoms.